The van der Waals surface area contributed by atoms with E-state index >= 15 is 0 Å². The maximum atomic E-state index is 6.09. The fraction of sp³-hybridized carbons (Fsp3) is 0.368. The van der Waals surface area contributed by atoms with Crippen LogP contribution in [0.5, 0.6) is 0 Å². The van der Waals surface area contributed by atoms with Gasteiger partial charge in [-0.05, 0) is 50.1 Å². The Kier molecular flexibility index (Phi) is 5.16. The van der Waals surface area contributed by atoms with Crippen molar-refractivity contribution in [1.29, 1.82) is 0 Å². The average molecular weight is 282 g/mol. The minimum absolute atomic E-state index is 0.255. The number of nitrogens with zero attached hydrogens (tertiary/aromatic N) is 1. The van der Waals surface area contributed by atoms with Crippen molar-refractivity contribution in [3.05, 3.63) is 70.3 Å². The lowest BCUT2D eigenvalue weighted by molar-refractivity contribution is 0.240. The Morgan fingerprint density at radius 3 is 2.10 bits per heavy atom. The maximum absolute atomic E-state index is 6.09. The van der Waals surface area contributed by atoms with Crippen molar-refractivity contribution in [2.45, 2.75) is 33.4 Å². The van der Waals surface area contributed by atoms with Gasteiger partial charge in [0, 0.05) is 19.1 Å². The number of benzene rings is 2. The number of nitrogens with two attached hydrogens (primary N) is 1. The van der Waals surface area contributed by atoms with Gasteiger partial charge in [0.1, 0.15) is 0 Å². The van der Waals surface area contributed by atoms with Crippen molar-refractivity contribution < 1.29 is 0 Å². The van der Waals surface area contributed by atoms with Crippen molar-refractivity contribution in [2.75, 3.05) is 13.6 Å². The van der Waals surface area contributed by atoms with Crippen LogP contribution in [0.1, 0.15) is 33.9 Å². The van der Waals surface area contributed by atoms with Gasteiger partial charge in [-0.25, -0.2) is 0 Å². The summed E-state index contributed by atoms with van der Waals surface area (Å²) in [6.45, 7) is 8.07. The summed E-state index contributed by atoms with van der Waals surface area (Å²) >= 11 is 0. The highest BCUT2D eigenvalue weighted by atomic mass is 15.1. The SMILES string of the molecule is Cc1cc(C)c(C(CN)N(C)Cc2ccccc2)c(C)c1. The first-order valence-electron chi connectivity index (χ1n) is 7.55. The molecule has 0 saturated carbocycles. The molecule has 0 spiro atoms. The van der Waals surface area contributed by atoms with Crippen LogP contribution in [0.3, 0.4) is 0 Å². The zero-order valence-corrected chi connectivity index (χ0v) is 13.6. The summed E-state index contributed by atoms with van der Waals surface area (Å²) in [7, 11) is 2.16. The molecule has 2 N–H and O–H groups in total. The van der Waals surface area contributed by atoms with E-state index in [0.717, 1.165) is 6.54 Å². The third-order valence-corrected chi connectivity index (χ3v) is 4.10. The standard InChI is InChI=1S/C19H26N2/c1-14-10-15(2)19(16(3)11-14)18(12-20)21(4)13-17-8-6-5-7-9-17/h5-11,18H,12-13,20H2,1-4H3. The van der Waals surface area contributed by atoms with Gasteiger partial charge in [0.2, 0.25) is 0 Å². The fourth-order valence-electron chi connectivity index (χ4n) is 3.22. The molecule has 2 aromatic carbocycles. The zero-order valence-electron chi connectivity index (χ0n) is 13.6. The van der Waals surface area contributed by atoms with Gasteiger partial charge in [-0.15, -0.1) is 0 Å². The molecule has 0 aliphatic heterocycles. The van der Waals surface area contributed by atoms with Gasteiger partial charge in [0.25, 0.3) is 0 Å². The maximum Gasteiger partial charge on any atom is 0.0476 e. The Morgan fingerprint density at radius 2 is 1.57 bits per heavy atom. The Bertz CT molecular complexity index is 567. The number of hydrogen-bond donors (Lipinski definition) is 1. The fourth-order valence-corrected chi connectivity index (χ4v) is 3.22. The van der Waals surface area contributed by atoms with E-state index in [1.807, 2.05) is 0 Å². The Morgan fingerprint density at radius 1 is 1.00 bits per heavy atom. The van der Waals surface area contributed by atoms with Crippen molar-refractivity contribution in [2.24, 2.45) is 5.73 Å². The van der Waals surface area contributed by atoms with Crippen LogP contribution in [-0.2, 0) is 6.54 Å². The predicted molar refractivity (Wildman–Crippen MR) is 90.4 cm³/mol. The third kappa shape index (κ3) is 3.72. The Labute approximate surface area is 128 Å². The largest absolute Gasteiger partial charge is 0.329 e. The zero-order chi connectivity index (χ0) is 15.4. The molecule has 1 atom stereocenters. The van der Waals surface area contributed by atoms with E-state index in [1.165, 1.54) is 27.8 Å². The lowest BCUT2D eigenvalue weighted by Crippen LogP contribution is -2.31. The first-order chi connectivity index (χ1) is 10.0. The molecule has 112 valence electrons. The minimum Gasteiger partial charge on any atom is -0.329 e. The summed E-state index contributed by atoms with van der Waals surface area (Å²) in [4.78, 5) is 2.35. The minimum atomic E-state index is 0.255. The van der Waals surface area contributed by atoms with Crippen LogP contribution in [0.2, 0.25) is 0 Å². The average Bonchev–Trinajstić information content (AvgIpc) is 2.43. The van der Waals surface area contributed by atoms with E-state index in [1.54, 1.807) is 0 Å². The number of rotatable bonds is 5. The van der Waals surface area contributed by atoms with Gasteiger partial charge in [-0.1, -0.05) is 48.0 Å². The second-order valence-corrected chi connectivity index (χ2v) is 5.96. The highest BCUT2D eigenvalue weighted by Crippen LogP contribution is 2.27. The molecular weight excluding hydrogens is 256 g/mol. The van der Waals surface area contributed by atoms with Crippen molar-refractivity contribution in [3.8, 4) is 0 Å². The van der Waals surface area contributed by atoms with Gasteiger partial charge < -0.3 is 5.73 Å². The van der Waals surface area contributed by atoms with Gasteiger partial charge >= 0.3 is 0 Å². The van der Waals surface area contributed by atoms with E-state index < -0.39 is 0 Å². The first-order valence-corrected chi connectivity index (χ1v) is 7.55. The monoisotopic (exact) mass is 282 g/mol. The summed E-state index contributed by atoms with van der Waals surface area (Å²) in [5.41, 5.74) is 12.8. The van der Waals surface area contributed by atoms with Crippen LogP contribution < -0.4 is 5.73 Å². The topological polar surface area (TPSA) is 29.3 Å². The number of aryl methyl sites for hydroxylation is 3. The molecule has 0 aromatic heterocycles. The molecule has 0 amide bonds. The van der Waals surface area contributed by atoms with Crippen LogP contribution in [-0.4, -0.2) is 18.5 Å². The van der Waals surface area contributed by atoms with E-state index in [4.69, 9.17) is 5.73 Å². The molecule has 0 fully saturated rings. The molecule has 0 aliphatic rings. The molecule has 0 bridgehead atoms. The second kappa shape index (κ2) is 6.88. The first kappa shape index (κ1) is 15.7. The van der Waals surface area contributed by atoms with E-state index in [9.17, 15) is 0 Å². The smallest absolute Gasteiger partial charge is 0.0476 e. The van der Waals surface area contributed by atoms with E-state index in [2.05, 4.69) is 75.2 Å². The normalized spacial score (nSPS) is 12.7. The highest BCUT2D eigenvalue weighted by molar-refractivity contribution is 5.40. The molecule has 1 unspecified atom stereocenters. The lowest BCUT2D eigenvalue weighted by Gasteiger charge is -2.30. The lowest BCUT2D eigenvalue weighted by atomic mass is 9.93. The molecule has 2 heteroatoms. The summed E-state index contributed by atoms with van der Waals surface area (Å²) in [5.74, 6) is 0. The molecule has 2 rings (SSSR count). The molecule has 2 aromatic rings. The van der Waals surface area contributed by atoms with Crippen molar-refractivity contribution in [3.63, 3.8) is 0 Å². The molecule has 21 heavy (non-hydrogen) atoms. The molecule has 0 heterocycles. The van der Waals surface area contributed by atoms with Gasteiger partial charge in [-0.2, -0.15) is 0 Å². The Hall–Kier alpha value is -1.64. The quantitative estimate of drug-likeness (QED) is 0.905. The van der Waals surface area contributed by atoms with Gasteiger partial charge in [0.05, 0.1) is 0 Å². The molecule has 0 radical (unpaired) electrons. The van der Waals surface area contributed by atoms with Crippen LogP contribution in [0.4, 0.5) is 0 Å². The van der Waals surface area contributed by atoms with Crippen molar-refractivity contribution in [1.82, 2.24) is 4.90 Å². The van der Waals surface area contributed by atoms with E-state index in [-0.39, 0.29) is 6.04 Å². The summed E-state index contributed by atoms with van der Waals surface area (Å²) in [6, 6.07) is 15.3. The molecule has 0 saturated heterocycles. The van der Waals surface area contributed by atoms with Crippen molar-refractivity contribution >= 4 is 0 Å². The summed E-state index contributed by atoms with van der Waals surface area (Å²) in [5, 5.41) is 0. The van der Waals surface area contributed by atoms with E-state index in [0.29, 0.717) is 6.54 Å². The van der Waals surface area contributed by atoms with Gasteiger partial charge in [0.15, 0.2) is 0 Å². The summed E-state index contributed by atoms with van der Waals surface area (Å²) < 4.78 is 0. The van der Waals surface area contributed by atoms with Crippen LogP contribution in [0.25, 0.3) is 0 Å². The summed E-state index contributed by atoms with van der Waals surface area (Å²) in [6.07, 6.45) is 0. The van der Waals surface area contributed by atoms with Crippen LogP contribution in [0, 0.1) is 20.8 Å². The second-order valence-electron chi connectivity index (χ2n) is 5.96. The Balaban J connectivity index is 2.27. The number of likely N-dealkylation sites (N-methyl/N-ethyl adjacent to an activating group) is 1. The molecular formula is C19H26N2. The predicted octanol–water partition coefficient (Wildman–Crippen LogP) is 3.74. The van der Waals surface area contributed by atoms with Crippen LogP contribution >= 0.6 is 0 Å². The number of hydrogen-bond acceptors (Lipinski definition) is 2. The molecule has 0 aliphatic carbocycles. The molecule has 2 nitrogen and oxygen atoms in total. The third-order valence-electron chi connectivity index (χ3n) is 4.10. The van der Waals surface area contributed by atoms with Gasteiger partial charge in [-0.3, -0.25) is 4.90 Å². The van der Waals surface area contributed by atoms with Crippen LogP contribution in [0.15, 0.2) is 42.5 Å². The highest BCUT2D eigenvalue weighted by Gasteiger charge is 2.19.